The number of carboxylic acids is 1. The quantitative estimate of drug-likeness (QED) is 0.549. The van der Waals surface area contributed by atoms with Crippen molar-refractivity contribution in [3.8, 4) is 0 Å². The number of rotatable bonds is 1. The van der Waals surface area contributed by atoms with Gasteiger partial charge in [0, 0.05) is 27.9 Å². The molecular formula is C7H4AgN3NaO2. The van der Waals surface area contributed by atoms with E-state index in [0.29, 0.717) is 11.0 Å². The summed E-state index contributed by atoms with van der Waals surface area (Å²) in [4.78, 5) is 10.5. The van der Waals surface area contributed by atoms with Crippen LogP contribution in [-0.4, -0.2) is 21.4 Å². The van der Waals surface area contributed by atoms with Crippen LogP contribution in [0.3, 0.4) is 0 Å². The molecule has 0 atom stereocenters. The van der Waals surface area contributed by atoms with Gasteiger partial charge in [-0.05, 0) is 6.07 Å². The molecule has 7 heteroatoms. The average molecular weight is 293 g/mol. The summed E-state index contributed by atoms with van der Waals surface area (Å²) in [5.41, 5.74) is 0.982. The summed E-state index contributed by atoms with van der Waals surface area (Å²) in [7, 11) is 0. The standard InChI is InChI=1S/C7H5N3O2.Ag.Na/c11-7(12)4-2-1-3-5-6(4)9-10-8-5;;/h1-3H,(H,11,12)(H,8,9,10);;/q;;+1/p-1. The van der Waals surface area contributed by atoms with Gasteiger partial charge in [-0.2, -0.15) is 0 Å². The topological polar surface area (TPSA) is 81.7 Å². The molecule has 1 aromatic heterocycles. The van der Waals surface area contributed by atoms with E-state index in [0.717, 1.165) is 0 Å². The van der Waals surface area contributed by atoms with E-state index >= 15 is 0 Å². The molecule has 0 bridgehead atoms. The number of hydrogen-bond donors (Lipinski definition) is 1. The van der Waals surface area contributed by atoms with E-state index in [1.54, 1.807) is 12.1 Å². The second-order valence-corrected chi connectivity index (χ2v) is 2.30. The largest absolute Gasteiger partial charge is 1.00 e. The minimum atomic E-state index is -1.24. The van der Waals surface area contributed by atoms with Crippen LogP contribution in [-0.2, 0) is 22.4 Å². The summed E-state index contributed by atoms with van der Waals surface area (Å²) >= 11 is 0. The van der Waals surface area contributed by atoms with Crippen molar-refractivity contribution in [1.82, 2.24) is 15.4 Å². The second kappa shape index (κ2) is 5.65. The molecule has 0 saturated carbocycles. The monoisotopic (exact) mass is 292 g/mol. The van der Waals surface area contributed by atoms with Crippen LogP contribution in [0.5, 0.6) is 0 Å². The Hall–Kier alpha value is -0.170. The van der Waals surface area contributed by atoms with Crippen LogP contribution in [0.15, 0.2) is 18.2 Å². The number of nitrogens with one attached hydrogen (secondary N) is 1. The Morgan fingerprint density at radius 3 is 2.79 bits per heavy atom. The van der Waals surface area contributed by atoms with Gasteiger partial charge in [0.1, 0.15) is 5.52 Å². The molecule has 0 aliphatic heterocycles. The number of aromatic carboxylic acids is 1. The molecule has 5 nitrogen and oxygen atoms in total. The van der Waals surface area contributed by atoms with Crippen molar-refractivity contribution in [2.45, 2.75) is 0 Å². The van der Waals surface area contributed by atoms with E-state index in [9.17, 15) is 9.90 Å². The summed E-state index contributed by atoms with van der Waals surface area (Å²) in [5.74, 6) is -1.24. The Morgan fingerprint density at radius 2 is 2.14 bits per heavy atom. The van der Waals surface area contributed by atoms with E-state index in [4.69, 9.17) is 0 Å². The first-order valence-corrected chi connectivity index (χ1v) is 3.30. The summed E-state index contributed by atoms with van der Waals surface area (Å²) in [6.45, 7) is 0. The number of benzene rings is 1. The molecule has 0 aliphatic carbocycles. The van der Waals surface area contributed by atoms with Crippen molar-refractivity contribution in [3.05, 3.63) is 23.8 Å². The minimum absolute atomic E-state index is 0. The van der Waals surface area contributed by atoms with E-state index in [-0.39, 0.29) is 57.5 Å². The zero-order valence-electron chi connectivity index (χ0n) is 7.24. The summed E-state index contributed by atoms with van der Waals surface area (Å²) in [6.07, 6.45) is 0. The molecule has 0 saturated heterocycles. The number of hydrogen-bond acceptors (Lipinski definition) is 4. The van der Waals surface area contributed by atoms with Gasteiger partial charge in [-0.15, -0.1) is 5.10 Å². The number of nitrogens with zero attached hydrogens (tertiary/aromatic N) is 2. The number of carboxylic acid groups (broad SMARTS) is 1. The van der Waals surface area contributed by atoms with Crippen LogP contribution in [0.1, 0.15) is 10.4 Å². The molecule has 0 spiro atoms. The Morgan fingerprint density at radius 1 is 1.43 bits per heavy atom. The Bertz CT molecular complexity index is 445. The molecule has 1 aromatic carbocycles. The molecule has 0 fully saturated rings. The molecule has 0 amide bonds. The normalized spacial score (nSPS) is 8.86. The minimum Gasteiger partial charge on any atom is -0.545 e. The first-order valence-electron chi connectivity index (χ1n) is 3.30. The molecule has 0 aliphatic rings. The molecule has 71 valence electrons. The first-order chi connectivity index (χ1) is 5.79. The van der Waals surface area contributed by atoms with E-state index in [1.165, 1.54) is 6.07 Å². The predicted molar refractivity (Wildman–Crippen MR) is 38.2 cm³/mol. The average Bonchev–Trinajstić information content (AvgIpc) is 2.49. The van der Waals surface area contributed by atoms with Crippen LogP contribution in [0, 0.1) is 0 Å². The molecular weight excluding hydrogens is 289 g/mol. The molecule has 1 N–H and O–H groups in total. The van der Waals surface area contributed by atoms with Crippen LogP contribution >= 0.6 is 0 Å². The van der Waals surface area contributed by atoms with E-state index in [1.807, 2.05) is 0 Å². The Balaban J connectivity index is 0.000000845. The van der Waals surface area contributed by atoms with Crippen molar-refractivity contribution in [1.29, 1.82) is 0 Å². The Labute approximate surface area is 117 Å². The van der Waals surface area contributed by atoms with Crippen molar-refractivity contribution in [3.63, 3.8) is 0 Å². The number of aromatic nitrogens is 3. The van der Waals surface area contributed by atoms with Gasteiger partial charge < -0.3 is 9.90 Å². The van der Waals surface area contributed by atoms with Crippen LogP contribution in [0.25, 0.3) is 11.0 Å². The third-order valence-electron chi connectivity index (χ3n) is 1.58. The first kappa shape index (κ1) is 13.8. The zero-order chi connectivity index (χ0) is 8.55. The van der Waals surface area contributed by atoms with Crippen molar-refractivity contribution >= 4 is 17.0 Å². The third-order valence-corrected chi connectivity index (χ3v) is 1.58. The molecule has 0 unspecified atom stereocenters. The molecule has 1 heterocycles. The Kier molecular flexibility index (Phi) is 5.58. The molecule has 2 aromatic rings. The zero-order valence-corrected chi connectivity index (χ0v) is 10.7. The smallest absolute Gasteiger partial charge is 0.545 e. The van der Waals surface area contributed by atoms with E-state index in [2.05, 4.69) is 15.4 Å². The van der Waals surface area contributed by atoms with Gasteiger partial charge in [-0.25, -0.2) is 0 Å². The van der Waals surface area contributed by atoms with Gasteiger partial charge in [0.25, 0.3) is 0 Å². The third kappa shape index (κ3) is 2.44. The van der Waals surface area contributed by atoms with Crippen molar-refractivity contribution in [2.24, 2.45) is 0 Å². The molecule has 1 radical (unpaired) electrons. The SMILES string of the molecule is O=C([O-])c1cccc2[nH]nnc12.[Ag].[Na+]. The van der Waals surface area contributed by atoms with Gasteiger partial charge in [0.2, 0.25) is 0 Å². The van der Waals surface area contributed by atoms with Gasteiger partial charge >= 0.3 is 29.6 Å². The van der Waals surface area contributed by atoms with Gasteiger partial charge in [0.05, 0.1) is 11.5 Å². The van der Waals surface area contributed by atoms with Crippen molar-refractivity contribution < 1.29 is 61.8 Å². The maximum absolute atomic E-state index is 10.5. The fraction of sp³-hybridized carbons (Fsp3) is 0. The van der Waals surface area contributed by atoms with Gasteiger partial charge in [0.15, 0.2) is 0 Å². The fourth-order valence-corrected chi connectivity index (χ4v) is 1.04. The van der Waals surface area contributed by atoms with Gasteiger partial charge in [-0.3, -0.25) is 5.10 Å². The maximum atomic E-state index is 10.5. The summed E-state index contributed by atoms with van der Waals surface area (Å²) in [6, 6.07) is 4.73. The van der Waals surface area contributed by atoms with Crippen LogP contribution < -0.4 is 34.7 Å². The van der Waals surface area contributed by atoms with Gasteiger partial charge in [-0.1, -0.05) is 17.3 Å². The second-order valence-electron chi connectivity index (χ2n) is 2.30. The predicted octanol–water partition coefficient (Wildman–Crippen LogP) is -3.68. The summed E-state index contributed by atoms with van der Waals surface area (Å²) < 4.78 is 0. The number of carbonyl (C=O) groups excluding carboxylic acids is 1. The summed E-state index contributed by atoms with van der Waals surface area (Å²) in [5, 5.41) is 20.2. The van der Waals surface area contributed by atoms with Crippen LogP contribution in [0.4, 0.5) is 0 Å². The number of carbonyl (C=O) groups is 1. The fourth-order valence-electron chi connectivity index (χ4n) is 1.04. The van der Waals surface area contributed by atoms with Crippen LogP contribution in [0.2, 0.25) is 0 Å². The van der Waals surface area contributed by atoms with E-state index < -0.39 is 5.97 Å². The molecule has 14 heavy (non-hydrogen) atoms. The molecule has 2 rings (SSSR count). The number of fused-ring (bicyclic) bond motifs is 1. The maximum Gasteiger partial charge on any atom is 1.00 e. The number of aromatic amines is 1. The number of H-pyrrole nitrogens is 1. The van der Waals surface area contributed by atoms with Crippen molar-refractivity contribution in [2.75, 3.05) is 0 Å².